The molecule has 3 nitrogen and oxygen atoms in total. The van der Waals surface area contributed by atoms with Crippen LogP contribution in [0.15, 0.2) is 146 Å². The third-order valence-electron chi connectivity index (χ3n) is 10.4. The van der Waals surface area contributed by atoms with Crippen LogP contribution in [0.3, 0.4) is 0 Å². The van der Waals surface area contributed by atoms with Crippen LogP contribution in [-0.2, 0) is 0 Å². The summed E-state index contributed by atoms with van der Waals surface area (Å²) in [5.41, 5.74) is 21.2. The van der Waals surface area contributed by atoms with Gasteiger partial charge in [-0.05, 0) is 185 Å². The first-order valence-electron chi connectivity index (χ1n) is 18.9. The molecule has 0 radical (unpaired) electrons. The average molecular weight is 706 g/mol. The van der Waals surface area contributed by atoms with Gasteiger partial charge in [0.15, 0.2) is 0 Å². The summed E-state index contributed by atoms with van der Waals surface area (Å²) < 4.78 is 0. The largest absolute Gasteiger partial charge is 0.310 e. The molecule has 0 aliphatic heterocycles. The molecular formula is C51H51N3. The van der Waals surface area contributed by atoms with Crippen molar-refractivity contribution in [1.82, 2.24) is 0 Å². The van der Waals surface area contributed by atoms with Gasteiger partial charge in [-0.2, -0.15) is 0 Å². The Kier molecular flexibility index (Phi) is 10.2. The summed E-state index contributed by atoms with van der Waals surface area (Å²) >= 11 is 0. The van der Waals surface area contributed by atoms with E-state index in [1.165, 1.54) is 50.1 Å². The highest BCUT2D eigenvalue weighted by Gasteiger charge is 2.31. The fourth-order valence-corrected chi connectivity index (χ4v) is 8.01. The van der Waals surface area contributed by atoms with Crippen LogP contribution >= 0.6 is 0 Å². The van der Waals surface area contributed by atoms with Crippen molar-refractivity contribution in [1.29, 1.82) is 0 Å². The minimum absolute atomic E-state index is 1.13. The third-order valence-corrected chi connectivity index (χ3v) is 10.4. The lowest BCUT2D eigenvalue weighted by molar-refractivity contribution is 1.13. The first kappa shape index (κ1) is 36.3. The number of anilines is 9. The molecule has 0 amide bonds. The first-order valence-corrected chi connectivity index (χ1v) is 18.9. The number of hydrogen-bond donors (Lipinski definition) is 0. The van der Waals surface area contributed by atoms with E-state index < -0.39 is 0 Å². The van der Waals surface area contributed by atoms with Crippen molar-refractivity contribution in [2.45, 2.75) is 62.3 Å². The Morgan fingerprint density at radius 2 is 0.407 bits per heavy atom. The third kappa shape index (κ3) is 7.15. The maximum atomic E-state index is 2.48. The molecule has 0 fully saturated rings. The molecule has 7 aromatic rings. The lowest BCUT2D eigenvalue weighted by Crippen LogP contribution is -2.22. The smallest absolute Gasteiger partial charge is 0.0562 e. The zero-order valence-corrected chi connectivity index (χ0v) is 33.2. The highest BCUT2D eigenvalue weighted by atomic mass is 15.2. The topological polar surface area (TPSA) is 9.72 Å². The number of benzene rings is 7. The molecule has 0 spiro atoms. The van der Waals surface area contributed by atoms with Gasteiger partial charge in [0.1, 0.15) is 0 Å². The van der Waals surface area contributed by atoms with E-state index in [4.69, 9.17) is 0 Å². The predicted octanol–water partition coefficient (Wildman–Crippen LogP) is 14.9. The summed E-state index contributed by atoms with van der Waals surface area (Å²) in [4.78, 5) is 7.44. The highest BCUT2D eigenvalue weighted by molar-refractivity contribution is 5.97. The molecule has 0 unspecified atom stereocenters. The van der Waals surface area contributed by atoms with Crippen molar-refractivity contribution in [3.63, 3.8) is 0 Å². The van der Waals surface area contributed by atoms with E-state index in [1.807, 2.05) is 0 Å². The highest BCUT2D eigenvalue weighted by Crippen LogP contribution is 2.53. The van der Waals surface area contributed by atoms with Crippen molar-refractivity contribution < 1.29 is 0 Å². The van der Waals surface area contributed by atoms with Gasteiger partial charge >= 0.3 is 0 Å². The van der Waals surface area contributed by atoms with Crippen LogP contribution in [0.25, 0.3) is 0 Å². The fraction of sp³-hybridized carbons (Fsp3) is 0.176. The standard InChI is InChI=1S/C51H51N3/c1-34-16-10-22-43(28-34)52(44-23-11-17-35(2)29-44)49-40(7)50(53(45-24-12-18-36(3)30-45)46-25-13-19-37(4)31-46)42(9)51(41(49)8)54(47-26-14-20-38(5)32-47)48-27-15-21-39(6)33-48/h10-33H,1-9H3. The summed E-state index contributed by atoms with van der Waals surface area (Å²) in [6.45, 7) is 20.0. The summed E-state index contributed by atoms with van der Waals surface area (Å²) in [6, 6.07) is 53.4. The van der Waals surface area contributed by atoms with E-state index in [2.05, 4.69) is 223 Å². The Labute approximate surface area is 322 Å². The molecule has 0 N–H and O–H groups in total. The second-order valence-corrected chi connectivity index (χ2v) is 15.0. The molecule has 270 valence electrons. The van der Waals surface area contributed by atoms with Gasteiger partial charge in [-0.15, -0.1) is 0 Å². The molecule has 0 aliphatic carbocycles. The molecule has 7 aromatic carbocycles. The molecule has 7 rings (SSSR count). The Morgan fingerprint density at radius 1 is 0.241 bits per heavy atom. The van der Waals surface area contributed by atoms with Crippen LogP contribution < -0.4 is 14.7 Å². The molecule has 0 atom stereocenters. The quantitative estimate of drug-likeness (QED) is 0.148. The number of rotatable bonds is 9. The van der Waals surface area contributed by atoms with Crippen molar-refractivity contribution in [2.24, 2.45) is 0 Å². The van der Waals surface area contributed by atoms with Gasteiger partial charge in [0.25, 0.3) is 0 Å². The van der Waals surface area contributed by atoms with Crippen LogP contribution in [0.4, 0.5) is 51.2 Å². The molecular weight excluding hydrogens is 655 g/mol. The van der Waals surface area contributed by atoms with Crippen LogP contribution in [0.1, 0.15) is 50.1 Å². The molecule has 0 bridgehead atoms. The van der Waals surface area contributed by atoms with E-state index in [-0.39, 0.29) is 0 Å². The number of nitrogens with zero attached hydrogens (tertiary/aromatic N) is 3. The second-order valence-electron chi connectivity index (χ2n) is 15.0. The summed E-state index contributed by atoms with van der Waals surface area (Å²) in [7, 11) is 0. The van der Waals surface area contributed by atoms with E-state index in [1.54, 1.807) is 0 Å². The minimum Gasteiger partial charge on any atom is -0.310 e. The SMILES string of the molecule is Cc1cccc(N(c2cccc(C)c2)c2c(C)c(N(c3cccc(C)c3)c3cccc(C)c3)c(C)c(N(c3cccc(C)c3)c3cccc(C)c3)c2C)c1. The molecule has 0 aromatic heterocycles. The van der Waals surface area contributed by atoms with Crippen LogP contribution in [0.5, 0.6) is 0 Å². The van der Waals surface area contributed by atoms with Gasteiger partial charge in [0.05, 0.1) is 17.1 Å². The Morgan fingerprint density at radius 3 is 0.556 bits per heavy atom. The molecule has 0 saturated carbocycles. The summed E-state index contributed by atoms with van der Waals surface area (Å²) in [5, 5.41) is 0. The Bertz CT molecular complexity index is 2040. The van der Waals surface area contributed by atoms with Gasteiger partial charge < -0.3 is 14.7 Å². The first-order chi connectivity index (χ1) is 26.0. The van der Waals surface area contributed by atoms with Crippen molar-refractivity contribution in [3.8, 4) is 0 Å². The molecule has 0 aliphatic rings. The van der Waals surface area contributed by atoms with Crippen molar-refractivity contribution in [3.05, 3.63) is 196 Å². The van der Waals surface area contributed by atoms with Gasteiger partial charge in [-0.3, -0.25) is 0 Å². The van der Waals surface area contributed by atoms with Crippen LogP contribution in [-0.4, -0.2) is 0 Å². The van der Waals surface area contributed by atoms with Crippen LogP contribution in [0.2, 0.25) is 0 Å². The number of aryl methyl sites for hydroxylation is 6. The van der Waals surface area contributed by atoms with E-state index in [0.717, 1.165) is 51.2 Å². The maximum absolute atomic E-state index is 2.48. The monoisotopic (exact) mass is 705 g/mol. The molecule has 3 heteroatoms. The Balaban J connectivity index is 1.68. The minimum atomic E-state index is 1.13. The van der Waals surface area contributed by atoms with Crippen molar-refractivity contribution in [2.75, 3.05) is 14.7 Å². The normalized spacial score (nSPS) is 11.1. The molecule has 0 heterocycles. The summed E-state index contributed by atoms with van der Waals surface area (Å²) in [6.07, 6.45) is 0. The van der Waals surface area contributed by atoms with E-state index in [9.17, 15) is 0 Å². The van der Waals surface area contributed by atoms with Gasteiger partial charge in [0.2, 0.25) is 0 Å². The average Bonchev–Trinajstić information content (AvgIpc) is 3.13. The fourth-order valence-electron chi connectivity index (χ4n) is 8.01. The van der Waals surface area contributed by atoms with Crippen LogP contribution in [0, 0.1) is 62.3 Å². The predicted molar refractivity (Wildman–Crippen MR) is 233 cm³/mol. The summed E-state index contributed by atoms with van der Waals surface area (Å²) in [5.74, 6) is 0. The Hall–Kier alpha value is -6.06. The lowest BCUT2D eigenvalue weighted by atomic mass is 9.93. The maximum Gasteiger partial charge on any atom is 0.0562 e. The van der Waals surface area contributed by atoms with Gasteiger partial charge in [0, 0.05) is 34.1 Å². The lowest BCUT2D eigenvalue weighted by Gasteiger charge is -2.39. The van der Waals surface area contributed by atoms with E-state index >= 15 is 0 Å². The molecule has 54 heavy (non-hydrogen) atoms. The van der Waals surface area contributed by atoms with Gasteiger partial charge in [-0.25, -0.2) is 0 Å². The zero-order chi connectivity index (χ0) is 38.1. The van der Waals surface area contributed by atoms with E-state index in [0.29, 0.717) is 0 Å². The van der Waals surface area contributed by atoms with Crippen molar-refractivity contribution >= 4 is 51.2 Å². The molecule has 0 saturated heterocycles. The number of hydrogen-bond acceptors (Lipinski definition) is 3. The zero-order valence-electron chi connectivity index (χ0n) is 33.2. The second kappa shape index (κ2) is 15.1. The van der Waals surface area contributed by atoms with Gasteiger partial charge in [-0.1, -0.05) is 72.8 Å².